The summed E-state index contributed by atoms with van der Waals surface area (Å²) in [5.74, 6) is 1.02. The van der Waals surface area contributed by atoms with Gasteiger partial charge in [-0.1, -0.05) is 17.8 Å². The van der Waals surface area contributed by atoms with Crippen LogP contribution in [0.1, 0.15) is 17.3 Å². The normalized spacial score (nSPS) is 13.8. The lowest BCUT2D eigenvalue weighted by Crippen LogP contribution is -2.25. The smallest absolute Gasteiger partial charge is 0.262 e. The van der Waals surface area contributed by atoms with E-state index in [0.29, 0.717) is 22.2 Å². The van der Waals surface area contributed by atoms with E-state index in [9.17, 15) is 9.59 Å². The number of ether oxygens (including phenoxy) is 2. The van der Waals surface area contributed by atoms with Crippen molar-refractivity contribution in [1.29, 1.82) is 0 Å². The van der Waals surface area contributed by atoms with E-state index in [-0.39, 0.29) is 23.5 Å². The molecule has 4 rings (SSSR count). The van der Waals surface area contributed by atoms with Crippen molar-refractivity contribution in [3.05, 3.63) is 60.4 Å². The summed E-state index contributed by atoms with van der Waals surface area (Å²) in [5, 5.41) is 3.06. The molecule has 1 aromatic heterocycles. The second-order valence-corrected chi connectivity index (χ2v) is 7.76. The van der Waals surface area contributed by atoms with Crippen LogP contribution in [-0.2, 0) is 4.79 Å². The zero-order chi connectivity index (χ0) is 20.4. The highest BCUT2D eigenvalue weighted by atomic mass is 32.2. The van der Waals surface area contributed by atoms with Crippen LogP contribution in [0.2, 0.25) is 0 Å². The fraction of sp³-hybridized carbons (Fsp3) is 0.190. The van der Waals surface area contributed by atoms with Gasteiger partial charge in [0, 0.05) is 24.0 Å². The van der Waals surface area contributed by atoms with Crippen LogP contribution < -0.4 is 14.8 Å². The van der Waals surface area contributed by atoms with Gasteiger partial charge in [0.1, 0.15) is 11.5 Å². The Kier molecular flexibility index (Phi) is 5.26. The van der Waals surface area contributed by atoms with Gasteiger partial charge in [-0.3, -0.25) is 14.2 Å². The van der Waals surface area contributed by atoms with Gasteiger partial charge >= 0.3 is 0 Å². The molecule has 0 fully saturated rings. The quantitative estimate of drug-likeness (QED) is 0.495. The molecule has 0 saturated heterocycles. The molecular formula is C21H19N3O4S. The number of hydrogen-bond donors (Lipinski definition) is 1. The molecule has 8 heteroatoms. The summed E-state index contributed by atoms with van der Waals surface area (Å²) in [6, 6.07) is 12.7. The van der Waals surface area contributed by atoms with Gasteiger partial charge in [0.2, 0.25) is 0 Å². The van der Waals surface area contributed by atoms with Crippen molar-refractivity contribution in [2.45, 2.75) is 17.3 Å². The van der Waals surface area contributed by atoms with E-state index in [0.717, 1.165) is 11.4 Å². The zero-order valence-corrected chi connectivity index (χ0v) is 16.7. The molecule has 1 N–H and O–H groups in total. The molecule has 3 aromatic rings. The van der Waals surface area contributed by atoms with E-state index in [1.165, 1.54) is 11.8 Å². The Morgan fingerprint density at radius 3 is 3.00 bits per heavy atom. The van der Waals surface area contributed by atoms with Gasteiger partial charge < -0.3 is 14.8 Å². The van der Waals surface area contributed by atoms with Gasteiger partial charge in [0.25, 0.3) is 5.91 Å². The van der Waals surface area contributed by atoms with Crippen LogP contribution in [0.15, 0.2) is 60.0 Å². The number of methoxy groups -OCH3 is 1. The Morgan fingerprint density at radius 2 is 2.17 bits per heavy atom. The van der Waals surface area contributed by atoms with Crippen molar-refractivity contribution >= 4 is 29.1 Å². The first-order valence-corrected chi connectivity index (χ1v) is 9.88. The van der Waals surface area contributed by atoms with E-state index in [2.05, 4.69) is 10.3 Å². The summed E-state index contributed by atoms with van der Waals surface area (Å²) in [6.45, 7) is 1.83. The summed E-state index contributed by atoms with van der Waals surface area (Å²) in [6.07, 6.45) is 3.55. The number of carbonyl (C=O) groups excluding carboxylic acids is 2. The topological polar surface area (TPSA) is 82.5 Å². The molecule has 0 spiro atoms. The predicted molar refractivity (Wildman–Crippen MR) is 110 cm³/mol. The van der Waals surface area contributed by atoms with E-state index < -0.39 is 0 Å². The Labute approximate surface area is 172 Å². The van der Waals surface area contributed by atoms with Crippen molar-refractivity contribution in [3.63, 3.8) is 0 Å². The Morgan fingerprint density at radius 1 is 1.31 bits per heavy atom. The number of anilines is 1. The summed E-state index contributed by atoms with van der Waals surface area (Å²) < 4.78 is 12.6. The van der Waals surface area contributed by atoms with Crippen molar-refractivity contribution < 1.29 is 19.1 Å². The molecule has 1 amide bonds. The molecule has 1 atom stereocenters. The third kappa shape index (κ3) is 3.97. The number of rotatable bonds is 6. The van der Waals surface area contributed by atoms with Gasteiger partial charge in [0.05, 0.1) is 23.7 Å². The van der Waals surface area contributed by atoms with Crippen LogP contribution >= 0.6 is 11.8 Å². The van der Waals surface area contributed by atoms with Crippen LogP contribution in [0.4, 0.5) is 5.69 Å². The summed E-state index contributed by atoms with van der Waals surface area (Å²) in [7, 11) is 1.62. The van der Waals surface area contributed by atoms with Crippen LogP contribution in [0, 0.1) is 0 Å². The highest BCUT2D eigenvalue weighted by Crippen LogP contribution is 2.32. The lowest BCUT2D eigenvalue weighted by Gasteiger charge is -2.19. The number of fused-ring (bicyclic) bond motifs is 1. The lowest BCUT2D eigenvalue weighted by molar-refractivity contribution is -0.118. The number of aromatic nitrogens is 2. The zero-order valence-electron chi connectivity index (χ0n) is 15.9. The number of Topliss-reactive ketones (excluding diaryl/α,β-unsaturated/α-hetero) is 1. The van der Waals surface area contributed by atoms with E-state index in [1.54, 1.807) is 31.5 Å². The van der Waals surface area contributed by atoms with Crippen LogP contribution in [0.25, 0.3) is 5.69 Å². The van der Waals surface area contributed by atoms with Gasteiger partial charge in [-0.05, 0) is 37.3 Å². The lowest BCUT2D eigenvalue weighted by atomic mass is 10.1. The molecule has 0 bridgehead atoms. The van der Waals surface area contributed by atoms with Crippen molar-refractivity contribution in [2.75, 3.05) is 19.0 Å². The fourth-order valence-electron chi connectivity index (χ4n) is 3.02. The highest BCUT2D eigenvalue weighted by molar-refractivity contribution is 8.00. The molecule has 0 saturated carbocycles. The SMILES string of the molecule is COc1cccc(-n2ccnc2S[C@H](C)C(=O)c2ccc3c(c2)NC(=O)CO3)c1. The molecule has 1 aliphatic heterocycles. The van der Waals surface area contributed by atoms with Crippen molar-refractivity contribution in [2.24, 2.45) is 0 Å². The van der Waals surface area contributed by atoms with Crippen LogP contribution in [-0.4, -0.2) is 40.2 Å². The van der Waals surface area contributed by atoms with Gasteiger partial charge in [-0.15, -0.1) is 0 Å². The number of hydrogen-bond acceptors (Lipinski definition) is 6. The predicted octanol–water partition coefficient (Wildman–Crippen LogP) is 3.58. The minimum atomic E-state index is -0.375. The third-order valence-electron chi connectivity index (χ3n) is 4.49. The Balaban J connectivity index is 1.54. The van der Waals surface area contributed by atoms with Crippen molar-refractivity contribution in [3.8, 4) is 17.2 Å². The number of amides is 1. The summed E-state index contributed by atoms with van der Waals surface area (Å²) >= 11 is 1.37. The van der Waals surface area contributed by atoms with Gasteiger partial charge in [0.15, 0.2) is 17.5 Å². The van der Waals surface area contributed by atoms with Gasteiger partial charge in [-0.25, -0.2) is 4.98 Å². The molecule has 0 radical (unpaired) electrons. The fourth-order valence-corrected chi connectivity index (χ4v) is 3.98. The molecule has 29 heavy (non-hydrogen) atoms. The molecular weight excluding hydrogens is 390 g/mol. The largest absolute Gasteiger partial charge is 0.497 e. The summed E-state index contributed by atoms with van der Waals surface area (Å²) in [5.41, 5.74) is 1.92. The Bertz CT molecular complexity index is 1080. The number of nitrogens with zero attached hydrogens (tertiary/aromatic N) is 2. The average Bonchev–Trinajstić information content (AvgIpc) is 3.20. The average molecular weight is 409 g/mol. The van der Waals surface area contributed by atoms with E-state index in [1.807, 2.05) is 42.0 Å². The first-order chi connectivity index (χ1) is 14.0. The number of nitrogens with one attached hydrogen (secondary N) is 1. The second-order valence-electron chi connectivity index (χ2n) is 6.45. The molecule has 0 aliphatic carbocycles. The number of thioether (sulfide) groups is 1. The minimum absolute atomic E-state index is 0.0144. The van der Waals surface area contributed by atoms with Crippen LogP contribution in [0.5, 0.6) is 11.5 Å². The number of imidazole rings is 1. The maximum Gasteiger partial charge on any atom is 0.262 e. The second kappa shape index (κ2) is 8.00. The monoisotopic (exact) mass is 409 g/mol. The first kappa shape index (κ1) is 19.1. The molecule has 2 aromatic carbocycles. The first-order valence-electron chi connectivity index (χ1n) is 9.00. The number of benzene rings is 2. The highest BCUT2D eigenvalue weighted by Gasteiger charge is 2.22. The Hall–Kier alpha value is -3.26. The standard InChI is InChI=1S/C21H19N3O4S/c1-13(20(26)14-6-7-18-17(10-14)23-19(25)12-28-18)29-21-22-8-9-24(21)15-4-3-5-16(11-15)27-2/h3-11,13H,12H2,1-2H3,(H,23,25)/t13-/m1/s1. The number of carbonyl (C=O) groups is 2. The molecule has 7 nitrogen and oxygen atoms in total. The maximum absolute atomic E-state index is 13.0. The molecule has 1 aliphatic rings. The van der Waals surface area contributed by atoms with Crippen LogP contribution in [0.3, 0.4) is 0 Å². The molecule has 148 valence electrons. The maximum atomic E-state index is 13.0. The molecule has 2 heterocycles. The van der Waals surface area contributed by atoms with E-state index >= 15 is 0 Å². The van der Waals surface area contributed by atoms with Gasteiger partial charge in [-0.2, -0.15) is 0 Å². The molecule has 0 unspecified atom stereocenters. The van der Waals surface area contributed by atoms with E-state index in [4.69, 9.17) is 9.47 Å². The minimum Gasteiger partial charge on any atom is -0.497 e. The number of ketones is 1. The van der Waals surface area contributed by atoms with Crippen molar-refractivity contribution in [1.82, 2.24) is 9.55 Å². The summed E-state index contributed by atoms with van der Waals surface area (Å²) in [4.78, 5) is 28.9. The third-order valence-corrected chi connectivity index (χ3v) is 5.57.